The minimum atomic E-state index is 0.873. The van der Waals surface area contributed by atoms with Crippen LogP contribution in [0.25, 0.3) is 33.3 Å². The van der Waals surface area contributed by atoms with Crippen LogP contribution in [0, 0.1) is 0 Å². The van der Waals surface area contributed by atoms with Crippen molar-refractivity contribution in [3.63, 3.8) is 0 Å². The van der Waals surface area contributed by atoms with E-state index in [9.17, 15) is 0 Å². The summed E-state index contributed by atoms with van der Waals surface area (Å²) in [7, 11) is 3.92. The van der Waals surface area contributed by atoms with Gasteiger partial charge in [-0.15, -0.1) is 0 Å². The van der Waals surface area contributed by atoms with Crippen molar-refractivity contribution in [2.45, 2.75) is 0 Å². The second kappa shape index (κ2) is 3.90. The SMILES string of the molecule is Cn1ccc2nc(-c3cccc4cnn(C)c34)cnc21. The molecule has 0 bridgehead atoms. The summed E-state index contributed by atoms with van der Waals surface area (Å²) in [5.74, 6) is 0. The molecular weight excluding hydrogens is 250 g/mol. The van der Waals surface area contributed by atoms with E-state index in [1.54, 1.807) is 0 Å². The Kier molecular flexibility index (Phi) is 2.18. The molecule has 0 radical (unpaired) electrons. The lowest BCUT2D eigenvalue weighted by molar-refractivity contribution is 0.797. The third kappa shape index (κ3) is 1.46. The van der Waals surface area contributed by atoms with Crippen molar-refractivity contribution >= 4 is 22.1 Å². The highest BCUT2D eigenvalue weighted by molar-refractivity contribution is 5.93. The zero-order valence-electron chi connectivity index (χ0n) is 11.3. The van der Waals surface area contributed by atoms with Gasteiger partial charge in [-0.2, -0.15) is 5.10 Å². The minimum absolute atomic E-state index is 0.873. The van der Waals surface area contributed by atoms with Gasteiger partial charge in [0.15, 0.2) is 5.65 Å². The van der Waals surface area contributed by atoms with Gasteiger partial charge < -0.3 is 4.57 Å². The fourth-order valence-electron chi connectivity index (χ4n) is 2.60. The highest BCUT2D eigenvalue weighted by atomic mass is 15.2. The monoisotopic (exact) mass is 263 g/mol. The quantitative estimate of drug-likeness (QED) is 0.530. The van der Waals surface area contributed by atoms with Crippen molar-refractivity contribution in [3.05, 3.63) is 42.9 Å². The molecule has 3 aromatic heterocycles. The summed E-state index contributed by atoms with van der Waals surface area (Å²) >= 11 is 0. The number of aryl methyl sites for hydroxylation is 2. The second-order valence-corrected chi connectivity index (χ2v) is 4.90. The average Bonchev–Trinajstić information content (AvgIpc) is 3.03. The van der Waals surface area contributed by atoms with E-state index < -0.39 is 0 Å². The molecule has 5 nitrogen and oxygen atoms in total. The zero-order chi connectivity index (χ0) is 13.7. The Bertz CT molecular complexity index is 932. The van der Waals surface area contributed by atoms with Crippen LogP contribution in [0.4, 0.5) is 0 Å². The van der Waals surface area contributed by atoms with E-state index in [2.05, 4.69) is 22.2 Å². The molecule has 98 valence electrons. The molecule has 0 saturated carbocycles. The summed E-state index contributed by atoms with van der Waals surface area (Å²) in [4.78, 5) is 9.22. The molecule has 1 aromatic carbocycles. The number of hydrogen-bond acceptors (Lipinski definition) is 3. The van der Waals surface area contributed by atoms with E-state index in [4.69, 9.17) is 4.98 Å². The molecule has 0 amide bonds. The Labute approximate surface area is 115 Å². The van der Waals surface area contributed by atoms with Crippen molar-refractivity contribution in [2.24, 2.45) is 14.1 Å². The van der Waals surface area contributed by atoms with Crippen LogP contribution in [0.2, 0.25) is 0 Å². The number of aromatic nitrogens is 5. The van der Waals surface area contributed by atoms with Gasteiger partial charge in [-0.05, 0) is 6.07 Å². The molecule has 0 saturated heterocycles. The molecule has 4 rings (SSSR count). The lowest BCUT2D eigenvalue weighted by atomic mass is 10.1. The fraction of sp³-hybridized carbons (Fsp3) is 0.133. The molecule has 0 aliphatic carbocycles. The molecule has 0 unspecified atom stereocenters. The van der Waals surface area contributed by atoms with Crippen LogP contribution < -0.4 is 0 Å². The number of para-hydroxylation sites is 1. The van der Waals surface area contributed by atoms with Crippen LogP contribution in [-0.4, -0.2) is 24.3 Å². The molecule has 4 aromatic rings. The van der Waals surface area contributed by atoms with Gasteiger partial charge in [0.2, 0.25) is 0 Å². The first kappa shape index (κ1) is 11.2. The predicted octanol–water partition coefficient (Wildman–Crippen LogP) is 2.52. The molecule has 0 N–H and O–H groups in total. The molecule has 0 spiro atoms. The van der Waals surface area contributed by atoms with E-state index >= 15 is 0 Å². The van der Waals surface area contributed by atoms with Crippen molar-refractivity contribution in [1.82, 2.24) is 24.3 Å². The number of rotatable bonds is 1. The van der Waals surface area contributed by atoms with Gasteiger partial charge in [-0.25, -0.2) is 9.97 Å². The number of benzene rings is 1. The third-order valence-electron chi connectivity index (χ3n) is 3.61. The van der Waals surface area contributed by atoms with Crippen LogP contribution in [0.5, 0.6) is 0 Å². The van der Waals surface area contributed by atoms with Crippen molar-refractivity contribution in [1.29, 1.82) is 0 Å². The highest BCUT2D eigenvalue weighted by Crippen LogP contribution is 2.27. The standard InChI is InChI=1S/C15H13N5/c1-19-7-6-12-15(19)16-9-13(18-12)11-5-3-4-10-8-17-20(2)14(10)11/h3-9H,1-2H3. The first-order valence-electron chi connectivity index (χ1n) is 6.43. The van der Waals surface area contributed by atoms with Gasteiger partial charge in [0.05, 0.1) is 23.6 Å². The first-order chi connectivity index (χ1) is 9.74. The Morgan fingerprint density at radius 1 is 1.05 bits per heavy atom. The normalized spacial score (nSPS) is 11.5. The van der Waals surface area contributed by atoms with Crippen molar-refractivity contribution < 1.29 is 0 Å². The number of fused-ring (bicyclic) bond motifs is 2. The predicted molar refractivity (Wildman–Crippen MR) is 78.2 cm³/mol. The van der Waals surface area contributed by atoms with E-state index in [1.165, 1.54) is 0 Å². The Balaban J connectivity index is 2.03. The maximum atomic E-state index is 4.71. The molecule has 0 atom stereocenters. The van der Waals surface area contributed by atoms with Crippen LogP contribution in [0.3, 0.4) is 0 Å². The van der Waals surface area contributed by atoms with Gasteiger partial charge in [0, 0.05) is 31.2 Å². The summed E-state index contributed by atoms with van der Waals surface area (Å²) in [5, 5.41) is 5.42. The smallest absolute Gasteiger partial charge is 0.158 e. The van der Waals surface area contributed by atoms with E-state index in [-0.39, 0.29) is 0 Å². The van der Waals surface area contributed by atoms with Gasteiger partial charge >= 0.3 is 0 Å². The van der Waals surface area contributed by atoms with Crippen LogP contribution >= 0.6 is 0 Å². The van der Waals surface area contributed by atoms with Crippen LogP contribution in [-0.2, 0) is 14.1 Å². The summed E-state index contributed by atoms with van der Waals surface area (Å²) in [6.07, 6.45) is 5.66. The molecule has 5 heteroatoms. The summed E-state index contributed by atoms with van der Waals surface area (Å²) in [5.41, 5.74) is 4.81. The first-order valence-corrected chi connectivity index (χ1v) is 6.43. The topological polar surface area (TPSA) is 48.5 Å². The third-order valence-corrected chi connectivity index (χ3v) is 3.61. The van der Waals surface area contributed by atoms with Gasteiger partial charge in [0.1, 0.15) is 5.52 Å². The summed E-state index contributed by atoms with van der Waals surface area (Å²) in [6.45, 7) is 0. The van der Waals surface area contributed by atoms with E-state index in [1.807, 2.05) is 54.1 Å². The van der Waals surface area contributed by atoms with Gasteiger partial charge in [-0.3, -0.25) is 4.68 Å². The number of hydrogen-bond donors (Lipinski definition) is 0. The maximum absolute atomic E-state index is 4.71. The fourth-order valence-corrected chi connectivity index (χ4v) is 2.60. The van der Waals surface area contributed by atoms with Crippen molar-refractivity contribution in [2.75, 3.05) is 0 Å². The van der Waals surface area contributed by atoms with Crippen LogP contribution in [0.15, 0.2) is 42.9 Å². The largest absolute Gasteiger partial charge is 0.334 e. The highest BCUT2D eigenvalue weighted by Gasteiger charge is 2.10. The molecule has 0 aliphatic rings. The van der Waals surface area contributed by atoms with E-state index in [0.717, 1.165) is 33.3 Å². The lowest BCUT2D eigenvalue weighted by Crippen LogP contribution is -1.95. The van der Waals surface area contributed by atoms with Gasteiger partial charge in [0.25, 0.3) is 0 Å². The van der Waals surface area contributed by atoms with Crippen LogP contribution in [0.1, 0.15) is 0 Å². The van der Waals surface area contributed by atoms with Crippen molar-refractivity contribution in [3.8, 4) is 11.3 Å². The summed E-state index contributed by atoms with van der Waals surface area (Å²) < 4.78 is 3.85. The minimum Gasteiger partial charge on any atom is -0.334 e. The average molecular weight is 263 g/mol. The van der Waals surface area contributed by atoms with Gasteiger partial charge in [-0.1, -0.05) is 18.2 Å². The Morgan fingerprint density at radius 2 is 1.95 bits per heavy atom. The zero-order valence-corrected chi connectivity index (χ0v) is 11.3. The molecular formula is C15H13N5. The molecule has 3 heterocycles. The Morgan fingerprint density at radius 3 is 2.85 bits per heavy atom. The Hall–Kier alpha value is -2.69. The molecule has 0 aliphatic heterocycles. The lowest BCUT2D eigenvalue weighted by Gasteiger charge is -2.05. The maximum Gasteiger partial charge on any atom is 0.158 e. The molecule has 20 heavy (non-hydrogen) atoms. The summed E-state index contributed by atoms with van der Waals surface area (Å²) in [6, 6.07) is 8.12. The number of nitrogens with zero attached hydrogens (tertiary/aromatic N) is 5. The second-order valence-electron chi connectivity index (χ2n) is 4.90. The molecule has 0 fully saturated rings. The van der Waals surface area contributed by atoms with E-state index in [0.29, 0.717) is 0 Å².